The number of halogens is 2. The van der Waals surface area contributed by atoms with Gasteiger partial charge in [0.05, 0.1) is 4.90 Å². The van der Waals surface area contributed by atoms with Crippen LogP contribution in [0.3, 0.4) is 0 Å². The van der Waals surface area contributed by atoms with Gasteiger partial charge in [0.1, 0.15) is 11.6 Å². The average molecular weight is 522 g/mol. The van der Waals surface area contributed by atoms with E-state index in [1.807, 2.05) is 0 Å². The lowest BCUT2D eigenvalue weighted by atomic mass is 10.1. The van der Waals surface area contributed by atoms with Crippen LogP contribution in [0.2, 0.25) is 0 Å². The van der Waals surface area contributed by atoms with Gasteiger partial charge in [-0.2, -0.15) is 4.98 Å². The molecular formula is C23H29ClFN7O2S. The number of nitrogens with two attached hydrogens (primary N) is 1. The number of nitrogens with one attached hydrogen (secondary N) is 2. The van der Waals surface area contributed by atoms with E-state index in [1.165, 1.54) is 22.7 Å². The predicted molar refractivity (Wildman–Crippen MR) is 137 cm³/mol. The fourth-order valence-corrected chi connectivity index (χ4v) is 5.44. The van der Waals surface area contributed by atoms with Crippen molar-refractivity contribution in [2.75, 3.05) is 36.9 Å². The third kappa shape index (κ3) is 6.86. The number of likely N-dealkylation sites (tertiary alicyclic amines) is 1. The Morgan fingerprint density at radius 2 is 1.83 bits per heavy atom. The van der Waals surface area contributed by atoms with E-state index < -0.39 is 10.0 Å². The molecule has 35 heavy (non-hydrogen) atoms. The van der Waals surface area contributed by atoms with Gasteiger partial charge in [-0.15, -0.1) is 16.8 Å². The van der Waals surface area contributed by atoms with E-state index >= 15 is 0 Å². The molecule has 9 nitrogen and oxygen atoms in total. The number of hydrogen-bond donors (Lipinski definition) is 3. The Morgan fingerprint density at radius 3 is 2.51 bits per heavy atom. The van der Waals surface area contributed by atoms with Crippen LogP contribution in [0.1, 0.15) is 12.8 Å². The zero-order valence-electron chi connectivity index (χ0n) is 19.0. The summed E-state index contributed by atoms with van der Waals surface area (Å²) in [7, 11) is -3.88. The first-order valence-corrected chi connectivity index (χ1v) is 12.5. The van der Waals surface area contributed by atoms with Crippen molar-refractivity contribution in [3.63, 3.8) is 0 Å². The summed E-state index contributed by atoms with van der Waals surface area (Å²) in [4.78, 5) is 11.0. The standard InChI is InChI=1S/C23H28FN7O2S.ClH/c24-18-5-4-6-19(17-18)27-22-9-13-26-23(28-22)29-31(20-10-14-30(15-11-20)16-12-25)34(32,33)21-7-2-1-3-8-21;/h1-9,13,17,20H,10-12,14-16,25H2,(H2,26,27,28,29);1H. The molecule has 1 aliphatic heterocycles. The quantitative estimate of drug-likeness (QED) is 0.367. The van der Waals surface area contributed by atoms with Gasteiger partial charge in [0.15, 0.2) is 0 Å². The first kappa shape index (κ1) is 26.8. The molecular weight excluding hydrogens is 493 g/mol. The van der Waals surface area contributed by atoms with Crippen LogP contribution >= 0.6 is 12.4 Å². The Balaban J connectivity index is 0.00000342. The first-order valence-electron chi connectivity index (χ1n) is 11.1. The van der Waals surface area contributed by atoms with E-state index in [9.17, 15) is 12.8 Å². The molecule has 0 aliphatic carbocycles. The maximum absolute atomic E-state index is 13.6. The second-order valence-electron chi connectivity index (χ2n) is 7.99. The summed E-state index contributed by atoms with van der Waals surface area (Å²) in [5.74, 6) is 0.140. The topological polar surface area (TPSA) is 116 Å². The van der Waals surface area contributed by atoms with Crippen LogP contribution in [0, 0.1) is 5.82 Å². The normalized spacial score (nSPS) is 14.9. The number of piperidine rings is 1. The highest BCUT2D eigenvalue weighted by atomic mass is 35.5. The number of benzene rings is 2. The summed E-state index contributed by atoms with van der Waals surface area (Å²) in [6.07, 6.45) is 2.79. The Morgan fingerprint density at radius 1 is 1.09 bits per heavy atom. The molecule has 1 saturated heterocycles. The summed E-state index contributed by atoms with van der Waals surface area (Å²) in [6, 6.07) is 15.6. The number of rotatable bonds is 9. The lowest BCUT2D eigenvalue weighted by molar-refractivity contribution is 0.172. The summed E-state index contributed by atoms with van der Waals surface area (Å²) >= 11 is 0. The zero-order valence-corrected chi connectivity index (χ0v) is 20.7. The smallest absolute Gasteiger partial charge is 0.260 e. The molecule has 188 valence electrons. The molecule has 4 rings (SSSR count). The Kier molecular flexibility index (Phi) is 9.35. The predicted octanol–water partition coefficient (Wildman–Crippen LogP) is 3.22. The lowest BCUT2D eigenvalue weighted by Crippen LogP contribution is -2.50. The maximum atomic E-state index is 13.6. The number of hydrogen-bond acceptors (Lipinski definition) is 8. The van der Waals surface area contributed by atoms with Crippen LogP contribution in [-0.2, 0) is 10.0 Å². The molecule has 2 heterocycles. The van der Waals surface area contributed by atoms with Crippen molar-refractivity contribution in [2.24, 2.45) is 5.73 Å². The molecule has 2 aromatic carbocycles. The molecule has 0 atom stereocenters. The minimum absolute atomic E-state index is 0. The Labute approximate surface area is 211 Å². The van der Waals surface area contributed by atoms with Crippen molar-refractivity contribution in [2.45, 2.75) is 23.8 Å². The average Bonchev–Trinajstić information content (AvgIpc) is 2.84. The van der Waals surface area contributed by atoms with Gasteiger partial charge in [-0.3, -0.25) is 5.43 Å². The fraction of sp³-hybridized carbons (Fsp3) is 0.304. The van der Waals surface area contributed by atoms with Gasteiger partial charge in [-0.1, -0.05) is 24.3 Å². The number of hydrazine groups is 1. The van der Waals surface area contributed by atoms with Gasteiger partial charge in [0, 0.05) is 31.0 Å². The van der Waals surface area contributed by atoms with Crippen molar-refractivity contribution in [1.29, 1.82) is 0 Å². The molecule has 4 N–H and O–H groups in total. The van der Waals surface area contributed by atoms with Crippen molar-refractivity contribution >= 4 is 39.9 Å². The third-order valence-corrected chi connectivity index (χ3v) is 7.37. The maximum Gasteiger partial charge on any atom is 0.260 e. The van der Waals surface area contributed by atoms with Crippen molar-refractivity contribution in [1.82, 2.24) is 19.3 Å². The highest BCUT2D eigenvalue weighted by Crippen LogP contribution is 2.25. The molecule has 0 unspecified atom stereocenters. The second kappa shape index (κ2) is 12.2. The Bertz CT molecular complexity index is 1200. The van der Waals surface area contributed by atoms with Crippen molar-refractivity contribution in [3.8, 4) is 0 Å². The molecule has 0 bridgehead atoms. The van der Waals surface area contributed by atoms with E-state index in [1.54, 1.807) is 48.5 Å². The van der Waals surface area contributed by atoms with Crippen molar-refractivity contribution in [3.05, 3.63) is 72.7 Å². The minimum Gasteiger partial charge on any atom is -0.340 e. The molecule has 1 aliphatic rings. The minimum atomic E-state index is -3.88. The summed E-state index contributed by atoms with van der Waals surface area (Å²) < 4.78 is 41.9. The van der Waals surface area contributed by atoms with E-state index in [0.717, 1.165) is 19.6 Å². The number of aromatic nitrogens is 2. The molecule has 0 radical (unpaired) electrons. The fourth-order valence-electron chi connectivity index (χ4n) is 3.91. The van der Waals surface area contributed by atoms with Crippen LogP contribution in [0.5, 0.6) is 0 Å². The van der Waals surface area contributed by atoms with Gasteiger partial charge in [0.2, 0.25) is 5.95 Å². The third-order valence-electron chi connectivity index (χ3n) is 5.60. The molecule has 0 amide bonds. The van der Waals surface area contributed by atoms with Crippen LogP contribution < -0.4 is 16.5 Å². The summed E-state index contributed by atoms with van der Waals surface area (Å²) in [6.45, 7) is 2.83. The van der Waals surface area contributed by atoms with E-state index in [0.29, 0.717) is 30.9 Å². The highest BCUT2D eigenvalue weighted by molar-refractivity contribution is 7.89. The van der Waals surface area contributed by atoms with E-state index in [2.05, 4.69) is 25.6 Å². The van der Waals surface area contributed by atoms with Crippen LogP contribution in [-0.4, -0.2) is 59.9 Å². The van der Waals surface area contributed by atoms with E-state index in [-0.39, 0.29) is 35.1 Å². The lowest BCUT2D eigenvalue weighted by Gasteiger charge is -2.37. The van der Waals surface area contributed by atoms with Crippen LogP contribution in [0.25, 0.3) is 0 Å². The summed E-state index contributed by atoms with van der Waals surface area (Å²) in [5.41, 5.74) is 9.13. The molecule has 0 saturated carbocycles. The van der Waals surface area contributed by atoms with E-state index in [4.69, 9.17) is 5.73 Å². The molecule has 12 heteroatoms. The zero-order chi connectivity index (χ0) is 24.0. The van der Waals surface area contributed by atoms with Crippen LogP contribution in [0.4, 0.5) is 21.8 Å². The van der Waals surface area contributed by atoms with Gasteiger partial charge in [0.25, 0.3) is 10.0 Å². The van der Waals surface area contributed by atoms with Gasteiger partial charge >= 0.3 is 0 Å². The molecule has 1 aromatic heterocycles. The molecule has 0 spiro atoms. The van der Waals surface area contributed by atoms with Crippen molar-refractivity contribution < 1.29 is 12.8 Å². The van der Waals surface area contributed by atoms with Gasteiger partial charge in [-0.25, -0.2) is 17.8 Å². The summed E-state index contributed by atoms with van der Waals surface area (Å²) in [5, 5.41) is 3.01. The van der Waals surface area contributed by atoms with Gasteiger partial charge in [-0.05, 0) is 62.3 Å². The monoisotopic (exact) mass is 521 g/mol. The molecule has 1 fully saturated rings. The highest BCUT2D eigenvalue weighted by Gasteiger charge is 2.34. The number of nitrogens with zero attached hydrogens (tertiary/aromatic N) is 4. The van der Waals surface area contributed by atoms with Crippen LogP contribution in [0.15, 0.2) is 71.8 Å². The first-order chi connectivity index (χ1) is 16.5. The number of sulfonamides is 1. The Hall–Kier alpha value is -2.83. The largest absolute Gasteiger partial charge is 0.340 e. The molecule has 3 aromatic rings. The SMILES string of the molecule is Cl.NCCN1CCC(N(Nc2nccc(Nc3cccc(F)c3)n2)S(=O)(=O)c2ccccc2)CC1. The number of anilines is 3. The van der Waals surface area contributed by atoms with Gasteiger partial charge < -0.3 is 16.0 Å². The second-order valence-corrected chi connectivity index (χ2v) is 9.80.